The Morgan fingerprint density at radius 1 is 1.17 bits per heavy atom. The van der Waals surface area contributed by atoms with Crippen molar-refractivity contribution >= 4 is 28.4 Å². The molecule has 24 heavy (non-hydrogen) atoms. The number of halogens is 1. The van der Waals surface area contributed by atoms with Gasteiger partial charge < -0.3 is 11.1 Å². The van der Waals surface area contributed by atoms with E-state index in [0.717, 1.165) is 35.0 Å². The Kier molecular flexibility index (Phi) is 5.08. The van der Waals surface area contributed by atoms with Gasteiger partial charge in [0.15, 0.2) is 0 Å². The van der Waals surface area contributed by atoms with Crippen LogP contribution in [0.3, 0.4) is 0 Å². The number of hydrogen-bond acceptors (Lipinski definition) is 3. The minimum Gasteiger partial charge on any atom is -0.366 e. The van der Waals surface area contributed by atoms with Gasteiger partial charge in [-0.15, -0.1) is 0 Å². The second-order valence-electron chi connectivity index (χ2n) is 5.60. The van der Waals surface area contributed by atoms with E-state index in [9.17, 15) is 4.79 Å². The zero-order valence-electron chi connectivity index (χ0n) is 13.1. The third-order valence-electron chi connectivity index (χ3n) is 3.92. The monoisotopic (exact) mass is 339 g/mol. The predicted molar refractivity (Wildman–Crippen MR) is 97.1 cm³/mol. The highest BCUT2D eigenvalue weighted by Crippen LogP contribution is 2.24. The minimum atomic E-state index is -0.400. The quantitative estimate of drug-likeness (QED) is 0.677. The van der Waals surface area contributed by atoms with Gasteiger partial charge in [0.2, 0.25) is 5.91 Å². The first-order valence-electron chi connectivity index (χ1n) is 7.77. The van der Waals surface area contributed by atoms with E-state index < -0.39 is 5.91 Å². The van der Waals surface area contributed by atoms with Crippen LogP contribution < -0.4 is 11.1 Å². The van der Waals surface area contributed by atoms with E-state index in [0.29, 0.717) is 17.1 Å². The lowest BCUT2D eigenvalue weighted by Gasteiger charge is -2.09. The molecular formula is C19H18ClN3O. The van der Waals surface area contributed by atoms with Crippen LogP contribution in [0, 0.1) is 0 Å². The molecular weight excluding hydrogens is 322 g/mol. The molecule has 0 unspecified atom stereocenters. The number of benzene rings is 2. The summed E-state index contributed by atoms with van der Waals surface area (Å²) in [7, 11) is 0. The number of hydrogen-bond donors (Lipinski definition) is 2. The topological polar surface area (TPSA) is 68.0 Å². The number of amides is 1. The number of rotatable bonds is 6. The number of fused-ring (bicyclic) bond motifs is 1. The van der Waals surface area contributed by atoms with Crippen molar-refractivity contribution < 1.29 is 4.79 Å². The second kappa shape index (κ2) is 7.43. The van der Waals surface area contributed by atoms with Crippen LogP contribution in [0.5, 0.6) is 0 Å². The van der Waals surface area contributed by atoms with Crippen molar-refractivity contribution in [3.63, 3.8) is 0 Å². The number of nitrogens with two attached hydrogens (primary N) is 1. The molecule has 0 aliphatic heterocycles. The fraction of sp³-hybridized carbons (Fsp3) is 0.158. The highest BCUT2D eigenvalue weighted by molar-refractivity contribution is 6.35. The summed E-state index contributed by atoms with van der Waals surface area (Å²) >= 11 is 6.21. The van der Waals surface area contributed by atoms with Gasteiger partial charge in [0.25, 0.3) is 0 Å². The summed E-state index contributed by atoms with van der Waals surface area (Å²) in [6, 6.07) is 15.2. The Morgan fingerprint density at radius 3 is 2.88 bits per heavy atom. The molecule has 0 saturated heterocycles. The van der Waals surface area contributed by atoms with Crippen molar-refractivity contribution in [1.29, 1.82) is 0 Å². The molecule has 4 nitrogen and oxygen atoms in total. The van der Waals surface area contributed by atoms with Crippen molar-refractivity contribution in [2.24, 2.45) is 5.73 Å². The van der Waals surface area contributed by atoms with Gasteiger partial charge in [0.05, 0.1) is 5.52 Å². The Hall–Kier alpha value is -2.43. The normalized spacial score (nSPS) is 10.9. The largest absolute Gasteiger partial charge is 0.366 e. The summed E-state index contributed by atoms with van der Waals surface area (Å²) in [6.45, 7) is 1.50. The van der Waals surface area contributed by atoms with Crippen LogP contribution in [0.4, 0.5) is 0 Å². The zero-order chi connectivity index (χ0) is 16.9. The van der Waals surface area contributed by atoms with Crippen molar-refractivity contribution in [2.45, 2.75) is 13.0 Å². The number of nitrogens with one attached hydrogen (secondary N) is 1. The summed E-state index contributed by atoms with van der Waals surface area (Å²) in [5.41, 5.74) is 8.97. The molecule has 0 spiro atoms. The van der Waals surface area contributed by atoms with Crippen molar-refractivity contribution in [3.05, 3.63) is 76.4 Å². The van der Waals surface area contributed by atoms with Crippen LogP contribution >= 0.6 is 11.6 Å². The number of carbonyl (C=O) groups is 1. The van der Waals surface area contributed by atoms with E-state index in [-0.39, 0.29) is 0 Å². The van der Waals surface area contributed by atoms with Gasteiger partial charge in [-0.25, -0.2) is 0 Å². The molecule has 1 amide bonds. The summed E-state index contributed by atoms with van der Waals surface area (Å²) in [4.78, 5) is 15.6. The van der Waals surface area contributed by atoms with Gasteiger partial charge in [-0.1, -0.05) is 29.8 Å². The summed E-state index contributed by atoms with van der Waals surface area (Å²) in [5.74, 6) is -0.400. The first-order chi connectivity index (χ1) is 11.6. The second-order valence-corrected chi connectivity index (χ2v) is 6.00. The van der Waals surface area contributed by atoms with Gasteiger partial charge in [-0.05, 0) is 54.4 Å². The SMILES string of the molecule is NC(=O)c1cccc(CCNCc2ccc(Cl)c3cccnc23)c1. The van der Waals surface area contributed by atoms with Crippen LogP contribution in [-0.4, -0.2) is 17.4 Å². The molecule has 3 rings (SSSR count). The molecule has 3 aromatic rings. The first-order valence-corrected chi connectivity index (χ1v) is 8.14. The average Bonchev–Trinajstić information content (AvgIpc) is 2.61. The lowest BCUT2D eigenvalue weighted by Crippen LogP contribution is -2.17. The van der Waals surface area contributed by atoms with Crippen molar-refractivity contribution in [1.82, 2.24) is 10.3 Å². The van der Waals surface area contributed by atoms with E-state index in [1.54, 1.807) is 12.3 Å². The van der Waals surface area contributed by atoms with Crippen molar-refractivity contribution in [2.75, 3.05) is 6.54 Å². The third kappa shape index (κ3) is 3.72. The molecule has 1 heterocycles. The highest BCUT2D eigenvalue weighted by atomic mass is 35.5. The predicted octanol–water partition coefficient (Wildman–Crippen LogP) is 3.32. The number of aromatic nitrogens is 1. The van der Waals surface area contributed by atoms with E-state index in [4.69, 9.17) is 17.3 Å². The molecule has 0 aliphatic carbocycles. The highest BCUT2D eigenvalue weighted by Gasteiger charge is 2.05. The third-order valence-corrected chi connectivity index (χ3v) is 4.25. The molecule has 5 heteroatoms. The zero-order valence-corrected chi connectivity index (χ0v) is 13.9. The van der Waals surface area contributed by atoms with Crippen LogP contribution in [0.1, 0.15) is 21.5 Å². The molecule has 122 valence electrons. The lowest BCUT2D eigenvalue weighted by molar-refractivity contribution is 0.1000. The van der Waals surface area contributed by atoms with Gasteiger partial charge >= 0.3 is 0 Å². The molecule has 0 aliphatic rings. The molecule has 0 saturated carbocycles. The van der Waals surface area contributed by atoms with E-state index in [1.165, 1.54) is 0 Å². The van der Waals surface area contributed by atoms with Crippen molar-refractivity contribution in [3.8, 4) is 0 Å². The summed E-state index contributed by atoms with van der Waals surface area (Å²) in [5, 5.41) is 5.09. The number of carbonyl (C=O) groups excluding carboxylic acids is 1. The molecule has 2 aromatic carbocycles. The number of nitrogens with zero attached hydrogens (tertiary/aromatic N) is 1. The molecule has 3 N–H and O–H groups in total. The summed E-state index contributed by atoms with van der Waals surface area (Å²) in [6.07, 6.45) is 2.59. The Morgan fingerprint density at radius 2 is 2.04 bits per heavy atom. The molecule has 0 bridgehead atoms. The molecule has 1 aromatic heterocycles. The first kappa shape index (κ1) is 16.4. The maximum atomic E-state index is 11.2. The van der Waals surface area contributed by atoms with E-state index in [2.05, 4.69) is 10.3 Å². The minimum absolute atomic E-state index is 0.400. The Bertz CT molecular complexity index is 879. The number of primary amides is 1. The Balaban J connectivity index is 1.62. The van der Waals surface area contributed by atoms with Crippen LogP contribution in [0.2, 0.25) is 5.02 Å². The molecule has 0 atom stereocenters. The molecule has 0 radical (unpaired) electrons. The summed E-state index contributed by atoms with van der Waals surface area (Å²) < 4.78 is 0. The fourth-order valence-electron chi connectivity index (χ4n) is 2.67. The average molecular weight is 340 g/mol. The van der Waals surface area contributed by atoms with Crippen LogP contribution in [0.15, 0.2) is 54.7 Å². The number of pyridine rings is 1. The van der Waals surface area contributed by atoms with Gasteiger partial charge in [-0.2, -0.15) is 0 Å². The van der Waals surface area contributed by atoms with E-state index >= 15 is 0 Å². The lowest BCUT2D eigenvalue weighted by atomic mass is 10.1. The maximum absolute atomic E-state index is 11.2. The van der Waals surface area contributed by atoms with E-state index in [1.807, 2.05) is 42.5 Å². The maximum Gasteiger partial charge on any atom is 0.248 e. The fourth-order valence-corrected chi connectivity index (χ4v) is 2.89. The standard InChI is InChI=1S/C19H18ClN3O/c20-17-7-6-15(18-16(17)5-2-9-23-18)12-22-10-8-13-3-1-4-14(11-13)19(21)24/h1-7,9,11,22H,8,10,12H2,(H2,21,24). The smallest absolute Gasteiger partial charge is 0.248 e. The van der Waals surface area contributed by atoms with Gasteiger partial charge in [-0.3, -0.25) is 9.78 Å². The van der Waals surface area contributed by atoms with Gasteiger partial charge in [0.1, 0.15) is 0 Å². The van der Waals surface area contributed by atoms with Crippen LogP contribution in [-0.2, 0) is 13.0 Å². The van der Waals surface area contributed by atoms with Gasteiger partial charge in [0, 0.05) is 28.7 Å². The Labute approximate surface area is 145 Å². The molecule has 0 fully saturated rings. The van der Waals surface area contributed by atoms with Crippen LogP contribution in [0.25, 0.3) is 10.9 Å².